The van der Waals surface area contributed by atoms with Crippen molar-refractivity contribution in [3.05, 3.63) is 42.5 Å². The molecule has 1 rings (SSSR count). The zero-order valence-corrected chi connectivity index (χ0v) is 12.3. The first-order valence-electron chi connectivity index (χ1n) is 6.95. The first kappa shape index (κ1) is 16.9. The third kappa shape index (κ3) is 6.72. The summed E-state index contributed by atoms with van der Waals surface area (Å²) >= 11 is 0. The highest BCUT2D eigenvalue weighted by atomic mass is 16.6. The van der Waals surface area contributed by atoms with Gasteiger partial charge in [-0.25, -0.2) is 4.79 Å². The lowest BCUT2D eigenvalue weighted by molar-refractivity contribution is 0.0910. The van der Waals surface area contributed by atoms with Crippen molar-refractivity contribution in [2.75, 3.05) is 19.8 Å². The van der Waals surface area contributed by atoms with Gasteiger partial charge in [0.1, 0.15) is 5.75 Å². The molecule has 0 aliphatic heterocycles. The predicted octanol–water partition coefficient (Wildman–Crippen LogP) is 2.96. The number of carbonyl (C=O) groups excluding carboxylic acids is 2. The topological polar surface area (TPSA) is 64.6 Å². The maximum absolute atomic E-state index is 11.9. The SMILES string of the molecule is C=CCOCCC(=O)c1ccc(OC(=O)NCCC)cc1. The summed E-state index contributed by atoms with van der Waals surface area (Å²) < 4.78 is 10.2. The molecule has 1 aromatic rings. The molecule has 1 amide bonds. The van der Waals surface area contributed by atoms with Crippen molar-refractivity contribution < 1.29 is 19.1 Å². The van der Waals surface area contributed by atoms with E-state index in [9.17, 15) is 9.59 Å². The first-order valence-corrected chi connectivity index (χ1v) is 6.95. The van der Waals surface area contributed by atoms with Gasteiger partial charge in [-0.05, 0) is 30.7 Å². The highest BCUT2D eigenvalue weighted by Crippen LogP contribution is 2.13. The van der Waals surface area contributed by atoms with Crippen LogP contribution in [0, 0.1) is 0 Å². The van der Waals surface area contributed by atoms with Gasteiger partial charge in [-0.15, -0.1) is 6.58 Å². The number of carbonyl (C=O) groups is 2. The number of ketones is 1. The van der Waals surface area contributed by atoms with Crippen LogP contribution in [0.1, 0.15) is 30.1 Å². The molecule has 1 N–H and O–H groups in total. The molecule has 114 valence electrons. The van der Waals surface area contributed by atoms with E-state index >= 15 is 0 Å². The molecule has 21 heavy (non-hydrogen) atoms. The van der Waals surface area contributed by atoms with Crippen molar-refractivity contribution in [2.24, 2.45) is 0 Å². The second-order valence-corrected chi connectivity index (χ2v) is 4.38. The molecule has 0 heterocycles. The van der Waals surface area contributed by atoms with Gasteiger partial charge in [0.25, 0.3) is 0 Å². The van der Waals surface area contributed by atoms with Gasteiger partial charge in [-0.3, -0.25) is 4.79 Å². The van der Waals surface area contributed by atoms with E-state index < -0.39 is 6.09 Å². The lowest BCUT2D eigenvalue weighted by Crippen LogP contribution is -2.27. The van der Waals surface area contributed by atoms with Gasteiger partial charge in [0, 0.05) is 18.5 Å². The van der Waals surface area contributed by atoms with Crippen LogP contribution >= 0.6 is 0 Å². The maximum atomic E-state index is 11.9. The number of nitrogens with one attached hydrogen (secondary N) is 1. The van der Waals surface area contributed by atoms with Crippen molar-refractivity contribution >= 4 is 11.9 Å². The molecule has 0 aliphatic rings. The largest absolute Gasteiger partial charge is 0.412 e. The van der Waals surface area contributed by atoms with Crippen LogP contribution in [0.4, 0.5) is 4.79 Å². The molecule has 0 radical (unpaired) electrons. The van der Waals surface area contributed by atoms with Crippen LogP contribution in [-0.2, 0) is 4.74 Å². The molecule has 0 saturated carbocycles. The molecule has 5 nitrogen and oxygen atoms in total. The van der Waals surface area contributed by atoms with Crippen molar-refractivity contribution in [3.63, 3.8) is 0 Å². The van der Waals surface area contributed by atoms with Crippen LogP contribution in [0.2, 0.25) is 0 Å². The molecule has 1 aromatic carbocycles. The van der Waals surface area contributed by atoms with Gasteiger partial charge in [-0.2, -0.15) is 0 Å². The third-order valence-corrected chi connectivity index (χ3v) is 2.62. The summed E-state index contributed by atoms with van der Waals surface area (Å²) in [4.78, 5) is 23.2. The van der Waals surface area contributed by atoms with Gasteiger partial charge >= 0.3 is 6.09 Å². The van der Waals surface area contributed by atoms with Crippen molar-refractivity contribution in [1.82, 2.24) is 5.32 Å². The summed E-state index contributed by atoms with van der Waals surface area (Å²) in [5.41, 5.74) is 0.568. The zero-order chi connectivity index (χ0) is 15.5. The second-order valence-electron chi connectivity index (χ2n) is 4.38. The van der Waals surface area contributed by atoms with E-state index in [-0.39, 0.29) is 5.78 Å². The normalized spacial score (nSPS) is 9.95. The molecule has 5 heteroatoms. The Morgan fingerprint density at radius 1 is 1.29 bits per heavy atom. The minimum Gasteiger partial charge on any atom is -0.410 e. The van der Waals surface area contributed by atoms with Crippen molar-refractivity contribution in [2.45, 2.75) is 19.8 Å². The number of hydrogen-bond donors (Lipinski definition) is 1. The third-order valence-electron chi connectivity index (χ3n) is 2.62. The Kier molecular flexibility index (Phi) is 7.82. The van der Waals surface area contributed by atoms with Crippen molar-refractivity contribution in [3.8, 4) is 5.75 Å². The van der Waals surface area contributed by atoms with E-state index in [0.717, 1.165) is 6.42 Å². The fourth-order valence-electron chi connectivity index (χ4n) is 1.55. The fourth-order valence-corrected chi connectivity index (χ4v) is 1.55. The van der Waals surface area contributed by atoms with Crippen LogP contribution in [0.5, 0.6) is 5.75 Å². The minimum absolute atomic E-state index is 0.0129. The molecule has 0 atom stereocenters. The number of ether oxygens (including phenoxy) is 2. The fraction of sp³-hybridized carbons (Fsp3) is 0.375. The number of amides is 1. The Morgan fingerprint density at radius 3 is 2.62 bits per heavy atom. The Labute approximate surface area is 124 Å². The summed E-state index contributed by atoms with van der Waals surface area (Å²) in [6.45, 7) is 6.86. The molecule has 0 bridgehead atoms. The number of benzene rings is 1. The predicted molar refractivity (Wildman–Crippen MR) is 80.7 cm³/mol. The summed E-state index contributed by atoms with van der Waals surface area (Å²) in [5.74, 6) is 0.393. The smallest absolute Gasteiger partial charge is 0.410 e. The van der Waals surface area contributed by atoms with Gasteiger partial charge < -0.3 is 14.8 Å². The molecule has 0 aromatic heterocycles. The molecule has 0 spiro atoms. The highest BCUT2D eigenvalue weighted by molar-refractivity contribution is 5.96. The zero-order valence-electron chi connectivity index (χ0n) is 12.3. The minimum atomic E-state index is -0.492. The van der Waals surface area contributed by atoms with E-state index in [2.05, 4.69) is 11.9 Å². The summed E-state index contributed by atoms with van der Waals surface area (Å²) in [5, 5.41) is 2.61. The Morgan fingerprint density at radius 2 is 2.00 bits per heavy atom. The quantitative estimate of drug-likeness (QED) is 0.431. The number of hydrogen-bond acceptors (Lipinski definition) is 4. The number of rotatable bonds is 9. The van der Waals surface area contributed by atoms with Crippen LogP contribution in [-0.4, -0.2) is 31.6 Å². The molecular weight excluding hydrogens is 270 g/mol. The van der Waals surface area contributed by atoms with E-state index in [1.165, 1.54) is 0 Å². The average molecular weight is 291 g/mol. The summed E-state index contributed by atoms with van der Waals surface area (Å²) in [6, 6.07) is 6.48. The lowest BCUT2D eigenvalue weighted by Gasteiger charge is -2.06. The Hall–Kier alpha value is -2.14. The monoisotopic (exact) mass is 291 g/mol. The lowest BCUT2D eigenvalue weighted by atomic mass is 10.1. The average Bonchev–Trinajstić information content (AvgIpc) is 2.50. The standard InChI is InChI=1S/C16H21NO4/c1-3-10-17-16(19)21-14-7-5-13(6-8-14)15(18)9-12-20-11-4-2/h4-8H,2-3,9-12H2,1H3,(H,17,19). The molecule has 0 aliphatic carbocycles. The maximum Gasteiger partial charge on any atom is 0.412 e. The van der Waals surface area contributed by atoms with Gasteiger partial charge in [0.15, 0.2) is 5.78 Å². The highest BCUT2D eigenvalue weighted by Gasteiger charge is 2.07. The van der Waals surface area contributed by atoms with Gasteiger partial charge in [0.05, 0.1) is 13.2 Å². The summed E-state index contributed by atoms with van der Waals surface area (Å²) in [6.07, 6.45) is 2.30. The van der Waals surface area contributed by atoms with Gasteiger partial charge in [-0.1, -0.05) is 13.0 Å². The molecular formula is C16H21NO4. The summed E-state index contributed by atoms with van der Waals surface area (Å²) in [7, 11) is 0. The molecule has 0 saturated heterocycles. The Bertz CT molecular complexity index is 468. The van der Waals surface area contributed by atoms with Crippen LogP contribution in [0.3, 0.4) is 0 Å². The molecule has 0 unspecified atom stereocenters. The van der Waals surface area contributed by atoms with E-state index in [4.69, 9.17) is 9.47 Å². The van der Waals surface area contributed by atoms with Crippen LogP contribution in [0.25, 0.3) is 0 Å². The van der Waals surface area contributed by atoms with E-state index in [0.29, 0.717) is 37.5 Å². The molecule has 0 fully saturated rings. The van der Waals surface area contributed by atoms with Crippen LogP contribution < -0.4 is 10.1 Å². The van der Waals surface area contributed by atoms with E-state index in [1.807, 2.05) is 6.92 Å². The Balaban J connectivity index is 2.43. The number of Topliss-reactive ketones (excluding diaryl/α,β-unsaturated/α-hetero) is 1. The van der Waals surface area contributed by atoms with Crippen LogP contribution in [0.15, 0.2) is 36.9 Å². The van der Waals surface area contributed by atoms with E-state index in [1.54, 1.807) is 30.3 Å². The second kappa shape index (κ2) is 9.72. The van der Waals surface area contributed by atoms with Gasteiger partial charge in [0.2, 0.25) is 0 Å². The first-order chi connectivity index (χ1) is 10.2. The van der Waals surface area contributed by atoms with Crippen molar-refractivity contribution in [1.29, 1.82) is 0 Å².